The van der Waals surface area contributed by atoms with Gasteiger partial charge in [-0.3, -0.25) is 0 Å². The first-order valence-electron chi connectivity index (χ1n) is 8.61. The Labute approximate surface area is 171 Å². The fourth-order valence-corrected chi connectivity index (χ4v) is 3.85. The van der Waals surface area contributed by atoms with Crippen molar-refractivity contribution in [1.82, 2.24) is 15.0 Å². The van der Waals surface area contributed by atoms with Crippen molar-refractivity contribution in [1.29, 1.82) is 0 Å². The molecule has 0 bridgehead atoms. The van der Waals surface area contributed by atoms with Gasteiger partial charge in [0.25, 0.3) is 0 Å². The Morgan fingerprint density at radius 1 is 1.07 bits per heavy atom. The number of nitrogens with one attached hydrogen (secondary N) is 1. The van der Waals surface area contributed by atoms with Crippen LogP contribution in [-0.2, 0) is 6.42 Å². The van der Waals surface area contributed by atoms with Crippen LogP contribution in [0.1, 0.15) is 5.56 Å². The van der Waals surface area contributed by atoms with E-state index in [1.54, 1.807) is 31.8 Å². The van der Waals surface area contributed by atoms with Crippen LogP contribution in [0, 0.1) is 0 Å². The van der Waals surface area contributed by atoms with Gasteiger partial charge in [0.05, 0.1) is 17.5 Å². The van der Waals surface area contributed by atoms with Crippen LogP contribution in [0.5, 0.6) is 17.4 Å². The van der Waals surface area contributed by atoms with Gasteiger partial charge in [-0.25, -0.2) is 15.0 Å². The van der Waals surface area contributed by atoms with Crippen LogP contribution < -0.4 is 14.8 Å². The van der Waals surface area contributed by atoms with E-state index in [4.69, 9.17) is 21.1 Å². The number of nitrogens with zero attached hydrogens (tertiary/aromatic N) is 3. The molecular formula is C20H17ClN4O2S. The van der Waals surface area contributed by atoms with Crippen molar-refractivity contribution in [2.24, 2.45) is 0 Å². The summed E-state index contributed by atoms with van der Waals surface area (Å²) in [4.78, 5) is 13.6. The molecular weight excluding hydrogens is 396 g/mol. The minimum absolute atomic E-state index is 0.495. The lowest BCUT2D eigenvalue weighted by Crippen LogP contribution is -2.06. The van der Waals surface area contributed by atoms with E-state index in [1.807, 2.05) is 29.6 Å². The van der Waals surface area contributed by atoms with Gasteiger partial charge in [-0.2, -0.15) is 0 Å². The van der Waals surface area contributed by atoms with Crippen molar-refractivity contribution in [2.45, 2.75) is 6.42 Å². The second-order valence-electron chi connectivity index (χ2n) is 5.94. The molecule has 0 spiro atoms. The number of anilines is 1. The number of fused-ring (bicyclic) bond motifs is 1. The molecule has 0 saturated carbocycles. The minimum Gasteiger partial charge on any atom is -0.497 e. The van der Waals surface area contributed by atoms with Gasteiger partial charge in [-0.05, 0) is 30.2 Å². The van der Waals surface area contributed by atoms with Gasteiger partial charge in [-0.15, -0.1) is 11.3 Å². The Bertz CT molecular complexity index is 1090. The molecule has 0 aliphatic rings. The number of pyridine rings is 1. The van der Waals surface area contributed by atoms with Crippen molar-refractivity contribution < 1.29 is 9.47 Å². The molecule has 0 aliphatic carbocycles. The largest absolute Gasteiger partial charge is 0.497 e. The molecule has 3 aromatic heterocycles. The van der Waals surface area contributed by atoms with E-state index >= 15 is 0 Å². The molecule has 8 heteroatoms. The van der Waals surface area contributed by atoms with Crippen LogP contribution in [-0.4, -0.2) is 28.6 Å². The Balaban J connectivity index is 1.36. The molecule has 3 heterocycles. The molecule has 0 aliphatic heterocycles. The van der Waals surface area contributed by atoms with Crippen LogP contribution in [0.2, 0.25) is 5.02 Å². The lowest BCUT2D eigenvalue weighted by molar-refractivity contribution is 0.405. The van der Waals surface area contributed by atoms with E-state index in [1.165, 1.54) is 16.9 Å². The zero-order valence-electron chi connectivity index (χ0n) is 15.1. The first-order valence-corrected chi connectivity index (χ1v) is 9.87. The summed E-state index contributed by atoms with van der Waals surface area (Å²) in [6, 6.07) is 11.4. The third kappa shape index (κ3) is 4.16. The Kier molecular flexibility index (Phi) is 5.55. The summed E-state index contributed by atoms with van der Waals surface area (Å²) in [5, 5.41) is 6.78. The molecule has 142 valence electrons. The SMILES string of the molecule is COc1ccnc(Oc2ccc(CCNc3ncnc4scc(Cl)c34)cc2)c1. The minimum atomic E-state index is 0.495. The number of benzene rings is 1. The number of hydrogen-bond donors (Lipinski definition) is 1. The molecule has 4 rings (SSSR count). The zero-order valence-corrected chi connectivity index (χ0v) is 16.6. The molecule has 1 N–H and O–H groups in total. The number of ether oxygens (including phenoxy) is 2. The van der Waals surface area contributed by atoms with Crippen molar-refractivity contribution >= 4 is 39.0 Å². The lowest BCUT2D eigenvalue weighted by atomic mass is 10.1. The number of rotatable bonds is 7. The topological polar surface area (TPSA) is 69.2 Å². The molecule has 0 amide bonds. The van der Waals surface area contributed by atoms with E-state index in [9.17, 15) is 0 Å². The number of thiophene rings is 1. The maximum atomic E-state index is 6.24. The Morgan fingerprint density at radius 2 is 1.93 bits per heavy atom. The zero-order chi connectivity index (χ0) is 19.3. The molecule has 4 aromatic rings. The maximum absolute atomic E-state index is 6.24. The molecule has 1 aromatic carbocycles. The van der Waals surface area contributed by atoms with E-state index in [0.29, 0.717) is 16.7 Å². The molecule has 0 saturated heterocycles. The summed E-state index contributed by atoms with van der Waals surface area (Å²) >= 11 is 7.75. The second kappa shape index (κ2) is 8.41. The molecule has 6 nitrogen and oxygen atoms in total. The summed E-state index contributed by atoms with van der Waals surface area (Å²) in [6.07, 6.45) is 4.04. The quantitative estimate of drug-likeness (QED) is 0.450. The molecule has 0 atom stereocenters. The number of halogens is 1. The summed E-state index contributed by atoms with van der Waals surface area (Å²) < 4.78 is 10.9. The molecule has 0 unspecified atom stereocenters. The van der Waals surface area contributed by atoms with E-state index in [0.717, 1.165) is 34.7 Å². The first-order chi connectivity index (χ1) is 13.7. The van der Waals surface area contributed by atoms with Gasteiger partial charge < -0.3 is 14.8 Å². The van der Waals surface area contributed by atoms with E-state index in [-0.39, 0.29) is 0 Å². The van der Waals surface area contributed by atoms with Gasteiger partial charge in [0.15, 0.2) is 0 Å². The summed E-state index contributed by atoms with van der Waals surface area (Å²) in [5.41, 5.74) is 1.18. The summed E-state index contributed by atoms with van der Waals surface area (Å²) in [7, 11) is 1.61. The van der Waals surface area contributed by atoms with Crippen LogP contribution >= 0.6 is 22.9 Å². The highest BCUT2D eigenvalue weighted by molar-refractivity contribution is 7.17. The Morgan fingerprint density at radius 3 is 2.75 bits per heavy atom. The monoisotopic (exact) mass is 412 g/mol. The fraction of sp³-hybridized carbons (Fsp3) is 0.150. The molecule has 0 fully saturated rings. The highest BCUT2D eigenvalue weighted by atomic mass is 35.5. The van der Waals surface area contributed by atoms with Crippen molar-refractivity contribution in [2.75, 3.05) is 19.0 Å². The van der Waals surface area contributed by atoms with E-state index in [2.05, 4.69) is 20.3 Å². The van der Waals surface area contributed by atoms with Crippen molar-refractivity contribution in [3.8, 4) is 17.4 Å². The summed E-state index contributed by atoms with van der Waals surface area (Å²) in [6.45, 7) is 0.732. The number of methoxy groups -OCH3 is 1. The highest BCUT2D eigenvalue weighted by Gasteiger charge is 2.09. The average molecular weight is 413 g/mol. The van der Waals surface area contributed by atoms with Crippen molar-refractivity contribution in [3.05, 3.63) is 64.9 Å². The normalized spacial score (nSPS) is 10.8. The lowest BCUT2D eigenvalue weighted by Gasteiger charge is -2.09. The van der Waals surface area contributed by atoms with E-state index < -0.39 is 0 Å². The van der Waals surface area contributed by atoms with Crippen LogP contribution in [0.3, 0.4) is 0 Å². The average Bonchev–Trinajstić information content (AvgIpc) is 3.11. The predicted molar refractivity (Wildman–Crippen MR) is 112 cm³/mol. The van der Waals surface area contributed by atoms with Crippen LogP contribution in [0.25, 0.3) is 10.2 Å². The number of aromatic nitrogens is 3. The molecule has 28 heavy (non-hydrogen) atoms. The highest BCUT2D eigenvalue weighted by Crippen LogP contribution is 2.32. The van der Waals surface area contributed by atoms with Gasteiger partial charge in [-0.1, -0.05) is 23.7 Å². The van der Waals surface area contributed by atoms with Crippen molar-refractivity contribution in [3.63, 3.8) is 0 Å². The first kappa shape index (κ1) is 18.5. The maximum Gasteiger partial charge on any atom is 0.222 e. The molecule has 0 radical (unpaired) electrons. The summed E-state index contributed by atoms with van der Waals surface area (Å²) in [5.74, 6) is 2.69. The van der Waals surface area contributed by atoms with Crippen LogP contribution in [0.4, 0.5) is 5.82 Å². The third-order valence-corrected chi connectivity index (χ3v) is 5.43. The second-order valence-corrected chi connectivity index (χ2v) is 7.21. The standard InChI is InChI=1S/C20H17ClN4O2S/c1-26-15-7-9-22-17(10-15)27-14-4-2-13(3-5-14)6-8-23-19-18-16(21)11-28-20(18)25-12-24-19/h2-5,7,9-12H,6,8H2,1H3,(H,23,24,25). The predicted octanol–water partition coefficient (Wildman–Crippen LogP) is 5.20. The number of hydrogen-bond acceptors (Lipinski definition) is 7. The third-order valence-electron chi connectivity index (χ3n) is 4.12. The van der Waals surface area contributed by atoms with Crippen LogP contribution in [0.15, 0.2) is 54.3 Å². The fourth-order valence-electron chi connectivity index (χ4n) is 2.72. The van der Waals surface area contributed by atoms with Gasteiger partial charge in [0, 0.05) is 24.2 Å². The van der Waals surface area contributed by atoms with Gasteiger partial charge in [0.2, 0.25) is 5.88 Å². The van der Waals surface area contributed by atoms with Gasteiger partial charge >= 0.3 is 0 Å². The Hall–Kier alpha value is -2.90. The van der Waals surface area contributed by atoms with Gasteiger partial charge in [0.1, 0.15) is 28.5 Å². The smallest absolute Gasteiger partial charge is 0.222 e.